The van der Waals surface area contributed by atoms with Crippen LogP contribution in [0.4, 0.5) is 14.6 Å². The highest BCUT2D eigenvalue weighted by Gasteiger charge is 2.17. The van der Waals surface area contributed by atoms with Crippen molar-refractivity contribution < 1.29 is 8.78 Å². The summed E-state index contributed by atoms with van der Waals surface area (Å²) in [6.07, 6.45) is 2.95. The Morgan fingerprint density at radius 1 is 1.44 bits per heavy atom. The maximum absolute atomic E-state index is 11.9. The van der Waals surface area contributed by atoms with Gasteiger partial charge in [-0.05, 0) is 19.4 Å². The first-order chi connectivity index (χ1) is 7.75. The maximum atomic E-state index is 11.9. The third-order valence-electron chi connectivity index (χ3n) is 2.53. The quantitative estimate of drug-likeness (QED) is 0.821. The van der Waals surface area contributed by atoms with E-state index in [1.165, 1.54) is 6.20 Å². The van der Waals surface area contributed by atoms with Gasteiger partial charge in [0, 0.05) is 0 Å². The van der Waals surface area contributed by atoms with Crippen LogP contribution in [0.25, 0.3) is 0 Å². The first-order valence-electron chi connectivity index (χ1n) is 5.33. The summed E-state index contributed by atoms with van der Waals surface area (Å²) in [5.74, 6) is 0.391. The molecule has 1 aliphatic heterocycles. The van der Waals surface area contributed by atoms with Crippen molar-refractivity contribution in [3.63, 3.8) is 0 Å². The number of rotatable bonds is 4. The van der Waals surface area contributed by atoms with E-state index in [2.05, 4.69) is 20.6 Å². The molecule has 0 spiro atoms. The second-order valence-electron chi connectivity index (χ2n) is 3.75. The van der Waals surface area contributed by atoms with Gasteiger partial charge < -0.3 is 10.6 Å². The largest absolute Gasteiger partial charge is 0.363 e. The Hall–Kier alpha value is -1.30. The van der Waals surface area contributed by atoms with Gasteiger partial charge >= 0.3 is 0 Å². The second kappa shape index (κ2) is 5.16. The summed E-state index contributed by atoms with van der Waals surface area (Å²) < 4.78 is 23.8. The predicted molar refractivity (Wildman–Crippen MR) is 56.5 cm³/mol. The number of anilines is 1. The lowest BCUT2D eigenvalue weighted by Crippen LogP contribution is -2.15. The SMILES string of the molecule is FC(F)CNc1cnc(C2CCCN2)cn1. The summed E-state index contributed by atoms with van der Waals surface area (Å²) in [6.45, 7) is 0.605. The molecule has 6 heteroatoms. The number of halogens is 2. The van der Waals surface area contributed by atoms with Gasteiger partial charge in [-0.1, -0.05) is 0 Å². The molecule has 0 radical (unpaired) electrons. The molecule has 0 amide bonds. The summed E-state index contributed by atoms with van der Waals surface area (Å²) >= 11 is 0. The molecule has 1 aliphatic rings. The maximum Gasteiger partial charge on any atom is 0.255 e. The molecule has 0 saturated carbocycles. The minimum atomic E-state index is -2.38. The van der Waals surface area contributed by atoms with Crippen LogP contribution in [0, 0.1) is 0 Å². The van der Waals surface area contributed by atoms with E-state index in [0.717, 1.165) is 25.1 Å². The standard InChI is InChI=1S/C10H14F2N4/c11-9(12)5-16-10-6-14-8(4-15-10)7-2-1-3-13-7/h4,6-7,9,13H,1-3,5H2,(H,15,16). The number of aromatic nitrogens is 2. The Balaban J connectivity index is 1.93. The molecule has 1 atom stereocenters. The molecule has 1 unspecified atom stereocenters. The van der Waals surface area contributed by atoms with Crippen molar-refractivity contribution in [3.8, 4) is 0 Å². The topological polar surface area (TPSA) is 49.8 Å². The van der Waals surface area contributed by atoms with E-state index in [1.807, 2.05) is 0 Å². The Labute approximate surface area is 92.5 Å². The van der Waals surface area contributed by atoms with Gasteiger partial charge in [-0.25, -0.2) is 13.8 Å². The highest BCUT2D eigenvalue weighted by atomic mass is 19.3. The lowest BCUT2D eigenvalue weighted by molar-refractivity contribution is 0.163. The van der Waals surface area contributed by atoms with E-state index in [0.29, 0.717) is 5.82 Å². The fourth-order valence-corrected chi connectivity index (χ4v) is 1.73. The Morgan fingerprint density at radius 2 is 2.31 bits per heavy atom. The monoisotopic (exact) mass is 228 g/mol. The smallest absolute Gasteiger partial charge is 0.255 e. The highest BCUT2D eigenvalue weighted by Crippen LogP contribution is 2.20. The fourth-order valence-electron chi connectivity index (χ4n) is 1.73. The number of nitrogens with one attached hydrogen (secondary N) is 2. The van der Waals surface area contributed by atoms with E-state index in [4.69, 9.17) is 0 Å². The molecule has 0 aromatic carbocycles. The first-order valence-corrected chi connectivity index (χ1v) is 5.33. The lowest BCUT2D eigenvalue weighted by Gasteiger charge is -2.09. The van der Waals surface area contributed by atoms with Crippen LogP contribution < -0.4 is 10.6 Å². The normalized spacial score (nSPS) is 20.3. The van der Waals surface area contributed by atoms with E-state index in [1.54, 1.807) is 6.20 Å². The zero-order valence-corrected chi connectivity index (χ0v) is 8.79. The number of hydrogen-bond donors (Lipinski definition) is 2. The van der Waals surface area contributed by atoms with Crippen LogP contribution in [0.3, 0.4) is 0 Å². The van der Waals surface area contributed by atoms with Crippen LogP contribution in [0.5, 0.6) is 0 Å². The number of hydrogen-bond acceptors (Lipinski definition) is 4. The molecule has 0 aliphatic carbocycles. The van der Waals surface area contributed by atoms with Crippen LogP contribution in [-0.2, 0) is 0 Å². The van der Waals surface area contributed by atoms with Crippen molar-refractivity contribution in [1.29, 1.82) is 0 Å². The highest BCUT2D eigenvalue weighted by molar-refractivity contribution is 5.31. The van der Waals surface area contributed by atoms with E-state index in [9.17, 15) is 8.78 Å². The van der Waals surface area contributed by atoms with Crippen molar-refractivity contribution in [2.75, 3.05) is 18.4 Å². The van der Waals surface area contributed by atoms with E-state index < -0.39 is 13.0 Å². The van der Waals surface area contributed by atoms with Crippen LogP contribution in [0.2, 0.25) is 0 Å². The Kier molecular flexibility index (Phi) is 3.61. The molecular formula is C10H14F2N4. The van der Waals surface area contributed by atoms with Crippen molar-refractivity contribution in [3.05, 3.63) is 18.1 Å². The minimum Gasteiger partial charge on any atom is -0.363 e. The summed E-state index contributed by atoms with van der Waals surface area (Å²) in [7, 11) is 0. The van der Waals surface area contributed by atoms with Gasteiger partial charge in [-0.3, -0.25) is 4.98 Å². The number of alkyl halides is 2. The van der Waals surface area contributed by atoms with Gasteiger partial charge in [0.2, 0.25) is 0 Å². The van der Waals surface area contributed by atoms with Gasteiger partial charge in [-0.2, -0.15) is 0 Å². The minimum absolute atomic E-state index is 0.261. The molecule has 2 rings (SSSR count). The molecule has 2 N–H and O–H groups in total. The molecule has 1 aromatic rings. The van der Waals surface area contributed by atoms with Crippen molar-refractivity contribution in [2.45, 2.75) is 25.3 Å². The molecule has 4 nitrogen and oxygen atoms in total. The zero-order chi connectivity index (χ0) is 11.4. The van der Waals surface area contributed by atoms with Gasteiger partial charge in [0.25, 0.3) is 6.43 Å². The average Bonchev–Trinajstić information content (AvgIpc) is 2.80. The summed E-state index contributed by atoms with van der Waals surface area (Å²) in [5.41, 5.74) is 0.875. The molecule has 2 heterocycles. The molecule has 1 fully saturated rings. The summed E-state index contributed by atoms with van der Waals surface area (Å²) in [5, 5.41) is 5.82. The molecule has 88 valence electrons. The van der Waals surface area contributed by atoms with E-state index >= 15 is 0 Å². The molecule has 0 bridgehead atoms. The van der Waals surface area contributed by atoms with Crippen LogP contribution in [0.1, 0.15) is 24.6 Å². The second-order valence-corrected chi connectivity index (χ2v) is 3.75. The van der Waals surface area contributed by atoms with Gasteiger partial charge in [0.15, 0.2) is 0 Å². The molecule has 1 saturated heterocycles. The van der Waals surface area contributed by atoms with Crippen molar-refractivity contribution >= 4 is 5.82 Å². The van der Waals surface area contributed by atoms with Crippen LogP contribution in [-0.4, -0.2) is 29.5 Å². The summed E-state index contributed by atoms with van der Waals surface area (Å²) in [4.78, 5) is 8.25. The van der Waals surface area contributed by atoms with E-state index in [-0.39, 0.29) is 6.04 Å². The third kappa shape index (κ3) is 2.85. The molecule has 16 heavy (non-hydrogen) atoms. The first kappa shape index (κ1) is 11.2. The van der Waals surface area contributed by atoms with Gasteiger partial charge in [-0.15, -0.1) is 0 Å². The average molecular weight is 228 g/mol. The molecule has 1 aromatic heterocycles. The van der Waals surface area contributed by atoms with Crippen molar-refractivity contribution in [1.82, 2.24) is 15.3 Å². The molecular weight excluding hydrogens is 214 g/mol. The summed E-state index contributed by atoms with van der Waals surface area (Å²) in [6, 6.07) is 0.261. The van der Waals surface area contributed by atoms with Crippen LogP contribution in [0.15, 0.2) is 12.4 Å². The van der Waals surface area contributed by atoms with Crippen LogP contribution >= 0.6 is 0 Å². The van der Waals surface area contributed by atoms with Gasteiger partial charge in [0.1, 0.15) is 5.82 Å². The lowest BCUT2D eigenvalue weighted by atomic mass is 10.2. The number of nitrogens with zero attached hydrogens (tertiary/aromatic N) is 2. The third-order valence-corrected chi connectivity index (χ3v) is 2.53. The van der Waals surface area contributed by atoms with Crippen molar-refractivity contribution in [2.24, 2.45) is 0 Å². The van der Waals surface area contributed by atoms with Gasteiger partial charge in [0.05, 0.1) is 30.7 Å². The zero-order valence-electron chi connectivity index (χ0n) is 8.79. The predicted octanol–water partition coefficient (Wildman–Crippen LogP) is 1.58. The fraction of sp³-hybridized carbons (Fsp3) is 0.600. The Bertz CT molecular complexity index is 322. The Morgan fingerprint density at radius 3 is 2.88 bits per heavy atom.